The van der Waals surface area contributed by atoms with Crippen molar-refractivity contribution in [2.24, 2.45) is 18.9 Å². The van der Waals surface area contributed by atoms with Gasteiger partial charge in [-0.05, 0) is 50.0 Å². The molecule has 15 heteroatoms. The molecule has 0 aromatic carbocycles. The van der Waals surface area contributed by atoms with Gasteiger partial charge in [-0.15, -0.1) is 21.5 Å². The molecule has 3 N–H and O–H groups in total. The molecule has 3 aromatic rings. The number of hydrogen-bond acceptors (Lipinski definition) is 7. The maximum absolute atomic E-state index is 13.5. The lowest BCUT2D eigenvalue weighted by atomic mass is 9.91. The van der Waals surface area contributed by atoms with Crippen molar-refractivity contribution in [3.8, 4) is 0 Å². The minimum atomic E-state index is -4.59. The highest BCUT2D eigenvalue weighted by atomic mass is 32.1. The molecule has 39 heavy (non-hydrogen) atoms. The van der Waals surface area contributed by atoms with Crippen LogP contribution in [-0.4, -0.2) is 49.1 Å². The number of aromatic nitrogens is 5. The monoisotopic (exact) mass is 566 g/mol. The lowest BCUT2D eigenvalue weighted by Gasteiger charge is -2.25. The normalized spacial score (nSPS) is 22.3. The second-order valence-electron chi connectivity index (χ2n) is 10.3. The number of carbonyl (C=O) groups excluding carboxylic acids is 2. The van der Waals surface area contributed by atoms with Gasteiger partial charge in [-0.2, -0.15) is 18.3 Å². The third-order valence-electron chi connectivity index (χ3n) is 7.37. The maximum Gasteiger partial charge on any atom is 0.435 e. The summed E-state index contributed by atoms with van der Waals surface area (Å²) < 4.78 is 55.7. The van der Waals surface area contributed by atoms with Crippen molar-refractivity contribution < 1.29 is 27.2 Å². The number of rotatable bonds is 8. The van der Waals surface area contributed by atoms with E-state index in [1.165, 1.54) is 24.7 Å². The number of fused-ring (bicyclic) bond motifs is 1. The van der Waals surface area contributed by atoms with E-state index in [1.54, 1.807) is 4.57 Å². The fraction of sp³-hybridized carbons (Fsp3) is 0.542. The van der Waals surface area contributed by atoms with Gasteiger partial charge < -0.3 is 16.0 Å². The van der Waals surface area contributed by atoms with Crippen LogP contribution in [0.4, 0.5) is 34.3 Å². The van der Waals surface area contributed by atoms with Crippen LogP contribution in [0, 0.1) is 11.8 Å². The Bertz CT molecular complexity index is 1430. The lowest BCUT2D eigenvalue weighted by Crippen LogP contribution is -2.29. The minimum absolute atomic E-state index is 0.0972. The average molecular weight is 567 g/mol. The number of carbonyl (C=O) groups is 2. The number of alkyl halides is 4. The molecule has 1 unspecified atom stereocenters. The molecule has 10 nitrogen and oxygen atoms in total. The van der Waals surface area contributed by atoms with Crippen molar-refractivity contribution in [3.63, 3.8) is 0 Å². The van der Waals surface area contributed by atoms with Crippen LogP contribution >= 0.6 is 11.3 Å². The Hall–Kier alpha value is -3.49. The molecule has 3 atom stereocenters. The van der Waals surface area contributed by atoms with Crippen LogP contribution < -0.4 is 16.0 Å². The molecule has 0 bridgehead atoms. The van der Waals surface area contributed by atoms with E-state index in [0.29, 0.717) is 42.3 Å². The molecule has 6 rings (SSSR count). The van der Waals surface area contributed by atoms with Crippen LogP contribution in [0.2, 0.25) is 0 Å². The van der Waals surface area contributed by atoms with E-state index < -0.39 is 29.9 Å². The van der Waals surface area contributed by atoms with Crippen molar-refractivity contribution in [2.75, 3.05) is 17.2 Å². The number of nitrogens with one attached hydrogen (secondary N) is 3. The number of halogens is 4. The van der Waals surface area contributed by atoms with Gasteiger partial charge in [0.05, 0.1) is 11.5 Å². The van der Waals surface area contributed by atoms with Crippen LogP contribution in [-0.2, 0) is 30.9 Å². The van der Waals surface area contributed by atoms with E-state index in [4.69, 9.17) is 0 Å². The first-order chi connectivity index (χ1) is 18.6. The van der Waals surface area contributed by atoms with E-state index in [9.17, 15) is 27.2 Å². The molecule has 0 saturated heterocycles. The molecule has 2 fully saturated rings. The van der Waals surface area contributed by atoms with Crippen molar-refractivity contribution in [2.45, 2.75) is 56.9 Å². The van der Waals surface area contributed by atoms with Gasteiger partial charge in [-0.3, -0.25) is 18.8 Å². The summed E-state index contributed by atoms with van der Waals surface area (Å²) in [4.78, 5) is 26.8. The van der Waals surface area contributed by atoms with Gasteiger partial charge in [0, 0.05) is 30.6 Å². The number of nitrogens with zero attached hydrogens (tertiary/aromatic N) is 5. The largest absolute Gasteiger partial charge is 0.435 e. The molecule has 3 heterocycles. The fourth-order valence-corrected chi connectivity index (χ4v) is 6.10. The van der Waals surface area contributed by atoms with Crippen molar-refractivity contribution in [3.05, 3.63) is 34.1 Å². The van der Waals surface area contributed by atoms with Crippen LogP contribution in [0.25, 0.3) is 0 Å². The van der Waals surface area contributed by atoms with Gasteiger partial charge in [0.2, 0.25) is 11.9 Å². The molecule has 0 radical (unpaired) electrons. The molecule has 208 valence electrons. The predicted molar refractivity (Wildman–Crippen MR) is 134 cm³/mol. The Morgan fingerprint density at radius 1 is 1.23 bits per heavy atom. The standard InChI is InChI=1S/C24H26F4N8O2S/c1-35-18(8-17(34-35)24(26,27)28)31-23-33-30-10-36(23)12-4-5-16-14(6-12)19(21(38)29-9-11-2-3-11)22(39-16)32-20(37)13-7-15(13)25/h8,10-13,15H,2-7,9H2,1H3,(H,29,38)(H,31,33)(H,32,37)/t12?,13-,15+/m1/s1. The van der Waals surface area contributed by atoms with Gasteiger partial charge in [-0.1, -0.05) is 0 Å². The first kappa shape index (κ1) is 25.8. The topological polar surface area (TPSA) is 119 Å². The minimum Gasteiger partial charge on any atom is -0.352 e. The Kier molecular flexibility index (Phi) is 6.35. The molecule has 3 aliphatic rings. The second kappa shape index (κ2) is 9.61. The highest BCUT2D eigenvalue weighted by Gasteiger charge is 2.44. The Morgan fingerprint density at radius 3 is 2.67 bits per heavy atom. The molecule has 2 saturated carbocycles. The summed E-state index contributed by atoms with van der Waals surface area (Å²) in [5.74, 6) is -0.585. The number of amides is 2. The van der Waals surface area contributed by atoms with Gasteiger partial charge in [0.1, 0.15) is 23.3 Å². The fourth-order valence-electron chi connectivity index (χ4n) is 4.85. The highest BCUT2D eigenvalue weighted by molar-refractivity contribution is 7.17. The summed E-state index contributed by atoms with van der Waals surface area (Å²) in [5.41, 5.74) is 0.168. The molecule has 3 aromatic heterocycles. The quantitative estimate of drug-likeness (QED) is 0.355. The molecule has 3 aliphatic carbocycles. The lowest BCUT2D eigenvalue weighted by molar-refractivity contribution is -0.141. The molecule has 0 aliphatic heterocycles. The number of anilines is 3. The van der Waals surface area contributed by atoms with Gasteiger partial charge in [0.15, 0.2) is 5.69 Å². The van der Waals surface area contributed by atoms with E-state index in [2.05, 4.69) is 31.2 Å². The molecule has 0 spiro atoms. The van der Waals surface area contributed by atoms with Crippen molar-refractivity contribution in [1.29, 1.82) is 0 Å². The number of aryl methyl sites for hydroxylation is 2. The van der Waals surface area contributed by atoms with Gasteiger partial charge in [-0.25, -0.2) is 4.39 Å². The molecular weight excluding hydrogens is 540 g/mol. The second-order valence-corrected chi connectivity index (χ2v) is 11.4. The number of thiophene rings is 1. The van der Waals surface area contributed by atoms with Crippen molar-refractivity contribution >= 4 is 39.9 Å². The van der Waals surface area contributed by atoms with E-state index in [1.807, 2.05) is 0 Å². The van der Waals surface area contributed by atoms with Crippen LogP contribution in [0.1, 0.15) is 58.2 Å². The highest BCUT2D eigenvalue weighted by Crippen LogP contribution is 2.43. The number of hydrogen-bond donors (Lipinski definition) is 3. The zero-order valence-electron chi connectivity index (χ0n) is 20.9. The third kappa shape index (κ3) is 5.23. The van der Waals surface area contributed by atoms with E-state index in [0.717, 1.165) is 34.0 Å². The summed E-state index contributed by atoms with van der Waals surface area (Å²) in [5, 5.41) is 20.6. The first-order valence-electron chi connectivity index (χ1n) is 12.7. The summed E-state index contributed by atoms with van der Waals surface area (Å²) in [6.45, 7) is 0.555. The Balaban J connectivity index is 1.26. The van der Waals surface area contributed by atoms with E-state index in [-0.39, 0.29) is 30.1 Å². The molecular formula is C24H26F4N8O2S. The zero-order valence-corrected chi connectivity index (χ0v) is 21.7. The Morgan fingerprint density at radius 2 is 2.00 bits per heavy atom. The maximum atomic E-state index is 13.5. The predicted octanol–water partition coefficient (Wildman–Crippen LogP) is 4.00. The van der Waals surface area contributed by atoms with Crippen molar-refractivity contribution in [1.82, 2.24) is 29.9 Å². The first-order valence-corrected chi connectivity index (χ1v) is 13.6. The summed E-state index contributed by atoms with van der Waals surface area (Å²) >= 11 is 1.34. The van der Waals surface area contributed by atoms with E-state index >= 15 is 0 Å². The third-order valence-corrected chi connectivity index (χ3v) is 8.58. The SMILES string of the molecule is Cn1nc(C(F)(F)F)cc1Nc1nncn1C1CCc2sc(NC(=O)[C@@H]3C[C@@H]3F)c(C(=O)NCC3CC3)c2C1. The Labute approximate surface area is 224 Å². The van der Waals surface area contributed by atoms with Crippen LogP contribution in [0.5, 0.6) is 0 Å². The summed E-state index contributed by atoms with van der Waals surface area (Å²) in [7, 11) is 1.39. The van der Waals surface area contributed by atoms with Gasteiger partial charge in [0.25, 0.3) is 5.91 Å². The average Bonchev–Trinajstić information content (AvgIpc) is 3.71. The van der Waals surface area contributed by atoms with Gasteiger partial charge >= 0.3 is 6.18 Å². The van der Waals surface area contributed by atoms with Crippen LogP contribution in [0.15, 0.2) is 12.4 Å². The summed E-state index contributed by atoms with van der Waals surface area (Å²) in [6, 6.07) is 0.702. The molecule has 2 amide bonds. The smallest absolute Gasteiger partial charge is 0.352 e. The zero-order chi connectivity index (χ0) is 27.5. The summed E-state index contributed by atoms with van der Waals surface area (Å²) in [6.07, 6.45) is -0.224. The van der Waals surface area contributed by atoms with Crippen LogP contribution in [0.3, 0.4) is 0 Å².